The molecule has 3 N–H and O–H groups in total. The molecule has 1 aromatic rings. The number of nitrogens with zero attached hydrogens (tertiary/aromatic N) is 1. The lowest BCUT2D eigenvalue weighted by Crippen LogP contribution is -2.33. The molecule has 19 heavy (non-hydrogen) atoms. The summed E-state index contributed by atoms with van der Waals surface area (Å²) in [7, 11) is 0. The predicted octanol–water partition coefficient (Wildman–Crippen LogP) is 1.04. The van der Waals surface area contributed by atoms with E-state index in [2.05, 4.69) is 15.6 Å². The van der Waals surface area contributed by atoms with Crippen molar-refractivity contribution in [3.05, 3.63) is 27.9 Å². The van der Waals surface area contributed by atoms with Crippen LogP contribution in [-0.2, 0) is 0 Å². The molecule has 1 atom stereocenters. The standard InChI is InChI=1S/C12H18N4O3/c17-12(10-3-4-11(15-10)16(18)19)14-7-5-9-2-1-6-13-8-9/h3-4,9,13,15H,1-2,5-8H2,(H,14,17). The van der Waals surface area contributed by atoms with Crippen molar-refractivity contribution in [2.75, 3.05) is 19.6 Å². The fraction of sp³-hybridized carbons (Fsp3) is 0.583. The quantitative estimate of drug-likeness (QED) is 0.547. The average Bonchev–Trinajstić information content (AvgIpc) is 2.89. The minimum Gasteiger partial charge on any atom is -0.358 e. The molecule has 2 heterocycles. The van der Waals surface area contributed by atoms with Gasteiger partial charge >= 0.3 is 5.82 Å². The number of hydrogen-bond donors (Lipinski definition) is 3. The van der Waals surface area contributed by atoms with Gasteiger partial charge < -0.3 is 20.7 Å². The molecule has 0 radical (unpaired) electrons. The summed E-state index contributed by atoms with van der Waals surface area (Å²) in [6.07, 6.45) is 3.31. The minimum absolute atomic E-state index is 0.165. The normalized spacial score (nSPS) is 19.1. The minimum atomic E-state index is -0.551. The van der Waals surface area contributed by atoms with Crippen LogP contribution in [0.3, 0.4) is 0 Å². The van der Waals surface area contributed by atoms with Gasteiger partial charge in [-0.15, -0.1) is 0 Å². The van der Waals surface area contributed by atoms with Crippen LogP contribution in [-0.4, -0.2) is 35.4 Å². The third-order valence-electron chi connectivity index (χ3n) is 3.35. The van der Waals surface area contributed by atoms with Crippen LogP contribution in [0.5, 0.6) is 0 Å². The second-order valence-corrected chi connectivity index (χ2v) is 4.77. The molecule has 2 rings (SSSR count). The lowest BCUT2D eigenvalue weighted by molar-refractivity contribution is -0.389. The van der Waals surface area contributed by atoms with Crippen molar-refractivity contribution >= 4 is 11.7 Å². The summed E-state index contributed by atoms with van der Waals surface area (Å²) in [4.78, 5) is 24.2. The summed E-state index contributed by atoms with van der Waals surface area (Å²) in [6, 6.07) is 2.72. The second kappa shape index (κ2) is 6.33. The summed E-state index contributed by atoms with van der Waals surface area (Å²) < 4.78 is 0. The molecule has 0 bridgehead atoms. The SMILES string of the molecule is O=C(NCCC1CCCNC1)c1ccc([N+](=O)[O-])[nH]1. The van der Waals surface area contributed by atoms with Crippen LogP contribution in [0.25, 0.3) is 0 Å². The first kappa shape index (κ1) is 13.5. The number of rotatable bonds is 5. The highest BCUT2D eigenvalue weighted by molar-refractivity contribution is 5.92. The van der Waals surface area contributed by atoms with Gasteiger partial charge in [0.25, 0.3) is 5.91 Å². The van der Waals surface area contributed by atoms with E-state index in [1.54, 1.807) is 0 Å². The molecule has 0 aromatic carbocycles. The Hall–Kier alpha value is -1.89. The van der Waals surface area contributed by atoms with Gasteiger partial charge in [0.05, 0.1) is 0 Å². The van der Waals surface area contributed by atoms with E-state index < -0.39 is 4.92 Å². The number of nitrogens with one attached hydrogen (secondary N) is 3. The highest BCUT2D eigenvalue weighted by Crippen LogP contribution is 2.13. The topological polar surface area (TPSA) is 100 Å². The zero-order valence-electron chi connectivity index (χ0n) is 10.6. The fourth-order valence-electron chi connectivity index (χ4n) is 2.28. The molecule has 7 heteroatoms. The van der Waals surface area contributed by atoms with Crippen LogP contribution in [0, 0.1) is 16.0 Å². The van der Waals surface area contributed by atoms with Crippen molar-refractivity contribution in [3.63, 3.8) is 0 Å². The monoisotopic (exact) mass is 266 g/mol. The largest absolute Gasteiger partial charge is 0.358 e. The number of carbonyl (C=O) groups excluding carboxylic acids is 1. The fourth-order valence-corrected chi connectivity index (χ4v) is 2.28. The number of H-pyrrole nitrogens is 1. The van der Waals surface area contributed by atoms with Gasteiger partial charge in [0.1, 0.15) is 0 Å². The first-order valence-electron chi connectivity index (χ1n) is 6.49. The summed E-state index contributed by atoms with van der Waals surface area (Å²) in [6.45, 7) is 2.68. The summed E-state index contributed by atoms with van der Waals surface area (Å²) in [5, 5.41) is 16.6. The maximum absolute atomic E-state index is 11.7. The Kier molecular flexibility index (Phi) is 4.51. The number of aromatic nitrogens is 1. The van der Waals surface area contributed by atoms with E-state index in [1.165, 1.54) is 25.0 Å². The van der Waals surface area contributed by atoms with Crippen LogP contribution in [0.4, 0.5) is 5.82 Å². The summed E-state index contributed by atoms with van der Waals surface area (Å²) in [5.41, 5.74) is 0.230. The van der Waals surface area contributed by atoms with E-state index >= 15 is 0 Å². The van der Waals surface area contributed by atoms with Gasteiger partial charge in [-0.1, -0.05) is 0 Å². The number of hydrogen-bond acceptors (Lipinski definition) is 4. The van der Waals surface area contributed by atoms with Crippen molar-refractivity contribution in [3.8, 4) is 0 Å². The van der Waals surface area contributed by atoms with E-state index in [-0.39, 0.29) is 17.4 Å². The maximum Gasteiger partial charge on any atom is 0.321 e. The Morgan fingerprint density at radius 2 is 2.37 bits per heavy atom. The zero-order valence-corrected chi connectivity index (χ0v) is 10.6. The lowest BCUT2D eigenvalue weighted by Gasteiger charge is -2.22. The van der Waals surface area contributed by atoms with E-state index in [9.17, 15) is 14.9 Å². The molecule has 1 aromatic heterocycles. The van der Waals surface area contributed by atoms with Crippen molar-refractivity contribution in [2.45, 2.75) is 19.3 Å². The van der Waals surface area contributed by atoms with E-state index in [1.807, 2.05) is 0 Å². The van der Waals surface area contributed by atoms with E-state index in [0.717, 1.165) is 19.5 Å². The molecule has 1 aliphatic rings. The van der Waals surface area contributed by atoms with Gasteiger partial charge in [0, 0.05) is 12.6 Å². The Balaban J connectivity index is 1.75. The molecule has 1 unspecified atom stereocenters. The zero-order chi connectivity index (χ0) is 13.7. The third kappa shape index (κ3) is 3.78. The molecule has 1 fully saturated rings. The van der Waals surface area contributed by atoms with Crippen LogP contribution in [0.1, 0.15) is 29.8 Å². The van der Waals surface area contributed by atoms with Gasteiger partial charge in [-0.25, -0.2) is 4.98 Å². The Labute approximate surface area is 110 Å². The molecular weight excluding hydrogens is 248 g/mol. The predicted molar refractivity (Wildman–Crippen MR) is 70.0 cm³/mol. The third-order valence-corrected chi connectivity index (χ3v) is 3.35. The maximum atomic E-state index is 11.7. The van der Waals surface area contributed by atoms with Crippen LogP contribution in [0.2, 0.25) is 0 Å². The van der Waals surface area contributed by atoms with Gasteiger partial charge in [0.15, 0.2) is 5.69 Å². The van der Waals surface area contributed by atoms with Crippen molar-refractivity contribution < 1.29 is 9.72 Å². The Morgan fingerprint density at radius 3 is 3.00 bits per heavy atom. The van der Waals surface area contributed by atoms with Crippen LogP contribution in [0.15, 0.2) is 12.1 Å². The van der Waals surface area contributed by atoms with Gasteiger partial charge in [0.2, 0.25) is 0 Å². The number of aromatic amines is 1. The molecule has 1 saturated heterocycles. The number of amides is 1. The van der Waals surface area contributed by atoms with Crippen molar-refractivity contribution in [2.24, 2.45) is 5.92 Å². The smallest absolute Gasteiger partial charge is 0.321 e. The molecule has 7 nitrogen and oxygen atoms in total. The molecular formula is C12H18N4O3. The average molecular weight is 266 g/mol. The van der Waals surface area contributed by atoms with Crippen molar-refractivity contribution in [1.82, 2.24) is 15.6 Å². The highest BCUT2D eigenvalue weighted by Gasteiger charge is 2.16. The van der Waals surface area contributed by atoms with Gasteiger partial charge in [-0.05, 0) is 49.3 Å². The van der Waals surface area contributed by atoms with Crippen molar-refractivity contribution in [1.29, 1.82) is 0 Å². The van der Waals surface area contributed by atoms with E-state index in [0.29, 0.717) is 12.5 Å². The molecule has 0 saturated carbocycles. The summed E-state index contributed by atoms with van der Waals surface area (Å²) in [5.74, 6) is 0.144. The van der Waals surface area contributed by atoms with Crippen LogP contribution < -0.4 is 10.6 Å². The van der Waals surface area contributed by atoms with E-state index in [4.69, 9.17) is 0 Å². The molecule has 1 aliphatic heterocycles. The molecule has 1 amide bonds. The first-order valence-corrected chi connectivity index (χ1v) is 6.49. The second-order valence-electron chi connectivity index (χ2n) is 4.77. The number of carbonyl (C=O) groups is 1. The molecule has 0 spiro atoms. The van der Waals surface area contributed by atoms with Gasteiger partial charge in [-0.3, -0.25) is 4.79 Å². The van der Waals surface area contributed by atoms with Gasteiger partial charge in [-0.2, -0.15) is 0 Å². The molecule has 104 valence electrons. The Morgan fingerprint density at radius 1 is 1.53 bits per heavy atom. The molecule has 0 aliphatic carbocycles. The van der Waals surface area contributed by atoms with Crippen LogP contribution >= 0.6 is 0 Å². The summed E-state index contributed by atoms with van der Waals surface area (Å²) >= 11 is 0. The Bertz CT molecular complexity index is 452. The number of nitro groups is 1. The highest BCUT2D eigenvalue weighted by atomic mass is 16.6. The first-order chi connectivity index (χ1) is 9.16. The lowest BCUT2D eigenvalue weighted by atomic mass is 9.96. The number of piperidine rings is 1.